The van der Waals surface area contributed by atoms with Gasteiger partial charge in [-0.15, -0.1) is 0 Å². The quantitative estimate of drug-likeness (QED) is 0.126. The van der Waals surface area contributed by atoms with Crippen LogP contribution in [0.4, 0.5) is 0 Å². The third kappa shape index (κ3) is 12.6. The van der Waals surface area contributed by atoms with Gasteiger partial charge in [0.25, 0.3) is 6.71 Å². The van der Waals surface area contributed by atoms with Gasteiger partial charge in [0.2, 0.25) is 0 Å². The van der Waals surface area contributed by atoms with Gasteiger partial charge < -0.3 is 14.6 Å². The van der Waals surface area contributed by atoms with E-state index in [2.05, 4.69) is 237 Å². The monoisotopic (exact) mass is 989 g/mol. The van der Waals surface area contributed by atoms with Crippen LogP contribution in [-0.2, 0) is 10.8 Å². The normalized spacial score (nSPS) is 22.1. The van der Waals surface area contributed by atoms with Gasteiger partial charge in [0, 0.05) is 35.6 Å². The summed E-state index contributed by atoms with van der Waals surface area (Å²) >= 11 is 0. The van der Waals surface area contributed by atoms with Crippen LogP contribution < -0.4 is 11.0 Å². The Hall–Kier alpha value is -3.76. The van der Waals surface area contributed by atoms with E-state index in [-0.39, 0.29) is 44.6 Å². The number of fused-ring (bicyclic) bond motifs is 2. The highest BCUT2D eigenvalue weighted by atomic mass is 16.3. The van der Waals surface area contributed by atoms with Gasteiger partial charge in [0.15, 0.2) is 0 Å². The van der Waals surface area contributed by atoms with Crippen LogP contribution in [0.15, 0.2) is 128 Å². The Bertz CT molecular complexity index is 2600. The summed E-state index contributed by atoms with van der Waals surface area (Å²) in [6.45, 7) is 61.3. The molecule has 1 aromatic carbocycles. The van der Waals surface area contributed by atoms with E-state index in [1.54, 1.807) is 5.57 Å². The highest BCUT2D eigenvalue weighted by molar-refractivity contribution is 6.86. The van der Waals surface area contributed by atoms with Crippen molar-refractivity contribution in [2.45, 2.75) is 221 Å². The van der Waals surface area contributed by atoms with Crippen molar-refractivity contribution in [1.29, 1.82) is 0 Å². The Morgan fingerprint density at radius 3 is 2.03 bits per heavy atom. The molecule has 6 rings (SSSR count). The average molecular weight is 989 g/mol. The van der Waals surface area contributed by atoms with E-state index in [4.69, 9.17) is 4.42 Å². The van der Waals surface area contributed by atoms with Gasteiger partial charge in [-0.05, 0) is 185 Å². The van der Waals surface area contributed by atoms with Crippen LogP contribution in [0.5, 0.6) is 0 Å². The zero-order chi connectivity index (χ0) is 54.6. The van der Waals surface area contributed by atoms with Crippen molar-refractivity contribution in [1.82, 2.24) is 10.2 Å². The van der Waals surface area contributed by atoms with E-state index in [0.29, 0.717) is 24.3 Å². The third-order valence-corrected chi connectivity index (χ3v) is 19.0. The Morgan fingerprint density at radius 1 is 0.849 bits per heavy atom. The molecule has 1 aromatic heterocycles. The van der Waals surface area contributed by atoms with Crippen molar-refractivity contribution < 1.29 is 4.42 Å². The van der Waals surface area contributed by atoms with Crippen molar-refractivity contribution >= 4 is 23.3 Å². The van der Waals surface area contributed by atoms with E-state index >= 15 is 0 Å². The molecular weight excluding hydrogens is 884 g/mol. The molecule has 2 aromatic rings. The van der Waals surface area contributed by atoms with Crippen LogP contribution in [0.25, 0.3) is 11.0 Å². The molecule has 400 valence electrons. The Kier molecular flexibility index (Phi) is 17.1. The summed E-state index contributed by atoms with van der Waals surface area (Å²) in [5.41, 5.74) is 19.3. The van der Waals surface area contributed by atoms with Crippen LogP contribution in [0, 0.1) is 44.8 Å². The summed E-state index contributed by atoms with van der Waals surface area (Å²) in [6, 6.07) is 7.36. The molecule has 0 spiro atoms. The molecule has 4 aliphatic rings. The number of hydrogen-bond acceptors (Lipinski definition) is 3. The minimum absolute atomic E-state index is 0.0235. The lowest BCUT2D eigenvalue weighted by Crippen LogP contribution is -2.47. The minimum Gasteiger partial charge on any atom is -0.470 e. The van der Waals surface area contributed by atoms with Crippen LogP contribution in [0.1, 0.15) is 222 Å². The fourth-order valence-electron chi connectivity index (χ4n) is 12.2. The Morgan fingerprint density at radius 2 is 1.45 bits per heavy atom. The zero-order valence-corrected chi connectivity index (χ0v) is 51.2. The molecular formula is C69H105BN2O. The van der Waals surface area contributed by atoms with Crippen molar-refractivity contribution in [3.63, 3.8) is 0 Å². The summed E-state index contributed by atoms with van der Waals surface area (Å²) in [5.74, 6) is 1.52. The number of nitrogens with zero attached hydrogens (tertiary/aromatic N) is 1. The molecule has 0 bridgehead atoms. The van der Waals surface area contributed by atoms with Gasteiger partial charge in [-0.2, -0.15) is 0 Å². The highest BCUT2D eigenvalue weighted by Crippen LogP contribution is 2.52. The fourth-order valence-corrected chi connectivity index (χ4v) is 12.2. The number of nitrogens with one attached hydrogen (secondary N) is 1. The van der Waals surface area contributed by atoms with E-state index in [9.17, 15) is 0 Å². The predicted octanol–water partition coefficient (Wildman–Crippen LogP) is 19.2. The topological polar surface area (TPSA) is 28.4 Å². The van der Waals surface area contributed by atoms with Crippen molar-refractivity contribution in [3.8, 4) is 0 Å². The van der Waals surface area contributed by atoms with Crippen LogP contribution >= 0.6 is 0 Å². The molecule has 1 unspecified atom stereocenters. The van der Waals surface area contributed by atoms with Gasteiger partial charge in [0.1, 0.15) is 5.58 Å². The average Bonchev–Trinajstić information content (AvgIpc) is 3.71. The smallest absolute Gasteiger partial charge is 0.288 e. The van der Waals surface area contributed by atoms with E-state index in [1.807, 2.05) is 0 Å². The Balaban J connectivity index is 1.69. The van der Waals surface area contributed by atoms with Gasteiger partial charge in [-0.1, -0.05) is 198 Å². The summed E-state index contributed by atoms with van der Waals surface area (Å²) < 4.78 is 7.47. The molecule has 0 radical (unpaired) electrons. The van der Waals surface area contributed by atoms with Crippen molar-refractivity contribution in [2.24, 2.45) is 44.8 Å². The molecule has 4 heteroatoms. The maximum Gasteiger partial charge on any atom is 0.288 e. The van der Waals surface area contributed by atoms with Gasteiger partial charge in [-0.3, -0.25) is 0 Å². The number of furan rings is 1. The molecule has 73 heavy (non-hydrogen) atoms. The largest absolute Gasteiger partial charge is 0.470 e. The van der Waals surface area contributed by atoms with Crippen LogP contribution in [0.2, 0.25) is 0 Å². The molecule has 1 N–H and O–H groups in total. The molecule has 0 saturated heterocycles. The molecule has 0 fully saturated rings. The van der Waals surface area contributed by atoms with Gasteiger partial charge in [-0.25, -0.2) is 0 Å². The summed E-state index contributed by atoms with van der Waals surface area (Å²) in [7, 11) is 0. The lowest BCUT2D eigenvalue weighted by molar-refractivity contribution is 0.267. The molecule has 3 nitrogen and oxygen atoms in total. The first-order chi connectivity index (χ1) is 33.6. The number of allylic oxidation sites excluding steroid dienone is 13. The fraction of sp³-hybridized carbons (Fsp3) is 0.623. The number of benzene rings is 1. The van der Waals surface area contributed by atoms with E-state index in [0.717, 1.165) is 42.7 Å². The number of hydrogen-bond donors (Lipinski definition) is 1. The standard InChI is InChI=1S/C69H105BN2O/c1-25-51(28-27-30-64(13,14)31-29-45(3)4)72-59(37-48(8)63(10,11)12)58(44-71-43-47(7)36-53-49(9)66(17,18)32-33-67(53,19)20)70(57-41-54(65(15,16)26-2)52(46(5)6)40-60(57)72)62-39-50-38-55-56(42-61(50)73-62)69(23,24)35-34-68(55,21)22/h25,27-28,30,36-39,41-42,45-46,52,71H,1,26,29,31-35,40,43-44H2,2-24H3/b30-27+,47-36-,48-37+,51-28+. The SMILES string of the molecule is C=C/C(=C\C=C\C(C)(C)CCC(C)C)N1C(/C=C(\C)C(C)(C)C)=C(CNC/C(C)=C\C2=C(C)C(C)(C)CCC2(C)C)B(c2cc3cc4c(cc3o2)C(C)(C)CCC4(C)C)C2=C1CC(C(C)C)C(C(C)(C)CC)=C2. The molecule has 0 amide bonds. The molecule has 1 atom stereocenters. The maximum atomic E-state index is 7.47. The van der Waals surface area contributed by atoms with Crippen molar-refractivity contribution in [3.05, 3.63) is 134 Å². The summed E-state index contributed by atoms with van der Waals surface area (Å²) in [4.78, 5) is 2.65. The van der Waals surface area contributed by atoms with Gasteiger partial charge in [0.05, 0.1) is 5.66 Å². The lowest BCUT2D eigenvalue weighted by Gasteiger charge is -2.46. The number of rotatable bonds is 17. The second kappa shape index (κ2) is 21.3. The third-order valence-electron chi connectivity index (χ3n) is 19.0. The first-order valence-electron chi connectivity index (χ1n) is 28.9. The highest BCUT2D eigenvalue weighted by Gasteiger charge is 2.46. The molecule has 3 aliphatic carbocycles. The molecule has 1 aliphatic heterocycles. The lowest BCUT2D eigenvalue weighted by atomic mass is 9.34. The first kappa shape index (κ1) is 58.5. The summed E-state index contributed by atoms with van der Waals surface area (Å²) in [6.07, 6.45) is 26.1. The Labute approximate surface area is 449 Å². The first-order valence-corrected chi connectivity index (χ1v) is 28.9. The zero-order valence-electron chi connectivity index (χ0n) is 51.2. The minimum atomic E-state index is -0.108. The summed E-state index contributed by atoms with van der Waals surface area (Å²) in [5, 5.41) is 5.35. The van der Waals surface area contributed by atoms with E-state index in [1.165, 1.54) is 93.2 Å². The molecule has 2 heterocycles. The van der Waals surface area contributed by atoms with Crippen LogP contribution in [-0.4, -0.2) is 24.7 Å². The van der Waals surface area contributed by atoms with Crippen molar-refractivity contribution in [2.75, 3.05) is 13.1 Å². The second-order valence-electron chi connectivity index (χ2n) is 29.4. The second-order valence-corrected chi connectivity index (χ2v) is 29.4. The van der Waals surface area contributed by atoms with Crippen LogP contribution in [0.3, 0.4) is 0 Å². The van der Waals surface area contributed by atoms with Gasteiger partial charge >= 0.3 is 0 Å². The predicted molar refractivity (Wildman–Crippen MR) is 322 cm³/mol. The maximum absolute atomic E-state index is 7.47. The molecule has 0 saturated carbocycles. The van der Waals surface area contributed by atoms with E-state index < -0.39 is 0 Å².